The Morgan fingerprint density at radius 3 is 2.75 bits per heavy atom. The first-order valence-electron chi connectivity index (χ1n) is 6.48. The molecule has 6 nitrogen and oxygen atoms in total. The highest BCUT2D eigenvalue weighted by Gasteiger charge is 2.33. The highest BCUT2D eigenvalue weighted by atomic mass is 32.2. The van der Waals surface area contributed by atoms with Crippen molar-refractivity contribution in [2.75, 3.05) is 18.8 Å². The molecule has 1 aromatic carbocycles. The third-order valence-electron chi connectivity index (χ3n) is 3.73. The predicted molar refractivity (Wildman–Crippen MR) is 76.3 cm³/mol. The molecule has 1 atom stereocenters. The quantitative estimate of drug-likeness (QED) is 0.790. The maximum absolute atomic E-state index is 12.6. The lowest BCUT2D eigenvalue weighted by atomic mass is 9.99. The van der Waals surface area contributed by atoms with Gasteiger partial charge in [-0.3, -0.25) is 4.79 Å². The number of nitrogens with two attached hydrogens (primary N) is 2. The first-order valence-corrected chi connectivity index (χ1v) is 7.92. The van der Waals surface area contributed by atoms with Gasteiger partial charge in [0.1, 0.15) is 0 Å². The second-order valence-electron chi connectivity index (χ2n) is 5.07. The van der Waals surface area contributed by atoms with Crippen LogP contribution in [0.15, 0.2) is 23.1 Å². The Labute approximate surface area is 118 Å². The Morgan fingerprint density at radius 2 is 2.10 bits per heavy atom. The lowest BCUT2D eigenvalue weighted by Gasteiger charge is -2.30. The normalized spacial score (nSPS) is 20.8. The van der Waals surface area contributed by atoms with Crippen molar-refractivity contribution in [2.24, 2.45) is 11.7 Å². The number of nitrogens with zero attached hydrogens (tertiary/aromatic N) is 1. The molecule has 1 aromatic rings. The molecule has 0 bridgehead atoms. The second-order valence-corrected chi connectivity index (χ2v) is 6.98. The van der Waals surface area contributed by atoms with E-state index in [2.05, 4.69) is 0 Å². The van der Waals surface area contributed by atoms with E-state index in [1.54, 1.807) is 19.1 Å². The number of carbonyl (C=O) groups excluding carboxylic acids is 1. The predicted octanol–water partition coefficient (Wildman–Crippen LogP) is 0.463. The molecule has 4 N–H and O–H groups in total. The SMILES string of the molecule is Cc1c(N)cccc1S(=O)(=O)N1CCCC(C(N)=O)C1. The van der Waals surface area contributed by atoms with Crippen molar-refractivity contribution >= 4 is 21.6 Å². The van der Waals surface area contributed by atoms with Gasteiger partial charge in [-0.15, -0.1) is 0 Å². The van der Waals surface area contributed by atoms with Crippen LogP contribution >= 0.6 is 0 Å². The van der Waals surface area contributed by atoms with E-state index in [4.69, 9.17) is 11.5 Å². The molecule has 110 valence electrons. The molecule has 7 heteroatoms. The Kier molecular flexibility index (Phi) is 4.01. The van der Waals surface area contributed by atoms with E-state index in [0.717, 1.165) is 0 Å². The van der Waals surface area contributed by atoms with Gasteiger partial charge in [-0.2, -0.15) is 4.31 Å². The summed E-state index contributed by atoms with van der Waals surface area (Å²) < 4.78 is 26.6. The smallest absolute Gasteiger partial charge is 0.243 e. The highest BCUT2D eigenvalue weighted by Crippen LogP contribution is 2.27. The van der Waals surface area contributed by atoms with Gasteiger partial charge in [0.2, 0.25) is 15.9 Å². The fraction of sp³-hybridized carbons (Fsp3) is 0.462. The van der Waals surface area contributed by atoms with Gasteiger partial charge in [-0.25, -0.2) is 8.42 Å². The van der Waals surface area contributed by atoms with Gasteiger partial charge in [0, 0.05) is 18.8 Å². The van der Waals surface area contributed by atoms with E-state index in [9.17, 15) is 13.2 Å². The fourth-order valence-electron chi connectivity index (χ4n) is 2.44. The van der Waals surface area contributed by atoms with Gasteiger partial charge in [0.15, 0.2) is 0 Å². The third-order valence-corrected chi connectivity index (χ3v) is 5.74. The molecule has 1 fully saturated rings. The summed E-state index contributed by atoms with van der Waals surface area (Å²) in [6, 6.07) is 4.82. The minimum atomic E-state index is -3.64. The number of piperidine rings is 1. The summed E-state index contributed by atoms with van der Waals surface area (Å²) in [7, 11) is -3.64. The zero-order valence-electron chi connectivity index (χ0n) is 11.4. The molecule has 0 radical (unpaired) electrons. The van der Waals surface area contributed by atoms with Crippen LogP contribution in [0.3, 0.4) is 0 Å². The van der Waals surface area contributed by atoms with Crippen LogP contribution in [0.25, 0.3) is 0 Å². The molecule has 1 unspecified atom stereocenters. The van der Waals surface area contributed by atoms with Gasteiger partial charge < -0.3 is 11.5 Å². The van der Waals surface area contributed by atoms with Crippen molar-refractivity contribution in [3.05, 3.63) is 23.8 Å². The highest BCUT2D eigenvalue weighted by molar-refractivity contribution is 7.89. The van der Waals surface area contributed by atoms with Crippen LogP contribution in [0.5, 0.6) is 0 Å². The number of hydrogen-bond donors (Lipinski definition) is 2. The molecule has 0 saturated carbocycles. The molecule has 20 heavy (non-hydrogen) atoms. The molecule has 1 amide bonds. The number of sulfonamides is 1. The summed E-state index contributed by atoms with van der Waals surface area (Å²) in [5.74, 6) is -0.867. The van der Waals surface area contributed by atoms with Crippen LogP contribution in [0.4, 0.5) is 5.69 Å². The Morgan fingerprint density at radius 1 is 1.40 bits per heavy atom. The van der Waals surface area contributed by atoms with E-state index >= 15 is 0 Å². The molecule has 1 aliphatic heterocycles. The van der Waals surface area contributed by atoms with Gasteiger partial charge in [-0.05, 0) is 37.5 Å². The van der Waals surface area contributed by atoms with Crippen LogP contribution in [-0.4, -0.2) is 31.7 Å². The molecule has 1 aliphatic rings. The molecule has 0 aliphatic carbocycles. The fourth-order valence-corrected chi connectivity index (χ4v) is 4.22. The maximum Gasteiger partial charge on any atom is 0.243 e. The third kappa shape index (κ3) is 2.64. The number of nitrogen functional groups attached to an aromatic ring is 1. The second kappa shape index (κ2) is 5.41. The largest absolute Gasteiger partial charge is 0.398 e. The Balaban J connectivity index is 2.35. The van der Waals surface area contributed by atoms with Crippen LogP contribution in [0.1, 0.15) is 18.4 Å². The Bertz CT molecular complexity index is 628. The summed E-state index contributed by atoms with van der Waals surface area (Å²) in [5, 5.41) is 0. The monoisotopic (exact) mass is 297 g/mol. The van der Waals surface area contributed by atoms with E-state index in [1.807, 2.05) is 0 Å². The van der Waals surface area contributed by atoms with Crippen LogP contribution in [0.2, 0.25) is 0 Å². The van der Waals surface area contributed by atoms with E-state index in [1.165, 1.54) is 10.4 Å². The summed E-state index contributed by atoms with van der Waals surface area (Å²) in [6.45, 7) is 2.23. The molecule has 0 spiro atoms. The first-order chi connectivity index (χ1) is 9.34. The van der Waals surface area contributed by atoms with Gasteiger partial charge >= 0.3 is 0 Å². The molecular weight excluding hydrogens is 278 g/mol. The van der Waals surface area contributed by atoms with E-state index in [0.29, 0.717) is 30.6 Å². The lowest BCUT2D eigenvalue weighted by molar-refractivity contribution is -0.122. The lowest BCUT2D eigenvalue weighted by Crippen LogP contribution is -2.44. The maximum atomic E-state index is 12.6. The number of carbonyl (C=O) groups is 1. The van der Waals surface area contributed by atoms with E-state index < -0.39 is 21.8 Å². The van der Waals surface area contributed by atoms with Crippen molar-refractivity contribution < 1.29 is 13.2 Å². The molecule has 2 rings (SSSR count). The number of benzene rings is 1. The summed E-state index contributed by atoms with van der Waals surface area (Å²) in [5.41, 5.74) is 12.0. The summed E-state index contributed by atoms with van der Waals surface area (Å²) in [4.78, 5) is 11.5. The Hall–Kier alpha value is -1.60. The number of amides is 1. The van der Waals surface area contributed by atoms with Crippen molar-refractivity contribution in [3.63, 3.8) is 0 Å². The van der Waals surface area contributed by atoms with Crippen molar-refractivity contribution in [1.82, 2.24) is 4.31 Å². The molecule has 1 saturated heterocycles. The molecular formula is C13H19N3O3S. The molecule has 0 aromatic heterocycles. The topological polar surface area (TPSA) is 106 Å². The zero-order valence-corrected chi connectivity index (χ0v) is 12.2. The van der Waals surface area contributed by atoms with Crippen LogP contribution in [0, 0.1) is 12.8 Å². The minimum Gasteiger partial charge on any atom is -0.398 e. The standard InChI is InChI=1S/C13H19N3O3S/c1-9-11(14)5-2-6-12(9)20(18,19)16-7-3-4-10(8-16)13(15)17/h2,5-6,10H,3-4,7-8,14H2,1H3,(H2,15,17). The number of anilines is 1. The van der Waals surface area contributed by atoms with Gasteiger partial charge in [0.05, 0.1) is 10.8 Å². The van der Waals surface area contributed by atoms with Crippen LogP contribution in [-0.2, 0) is 14.8 Å². The number of hydrogen-bond acceptors (Lipinski definition) is 4. The van der Waals surface area contributed by atoms with Gasteiger partial charge in [0.25, 0.3) is 0 Å². The van der Waals surface area contributed by atoms with E-state index in [-0.39, 0.29) is 11.4 Å². The van der Waals surface area contributed by atoms with Crippen molar-refractivity contribution in [2.45, 2.75) is 24.7 Å². The summed E-state index contributed by atoms with van der Waals surface area (Å²) in [6.07, 6.45) is 1.27. The number of primary amides is 1. The zero-order chi connectivity index (χ0) is 14.9. The van der Waals surface area contributed by atoms with Gasteiger partial charge in [-0.1, -0.05) is 6.07 Å². The molecule has 1 heterocycles. The minimum absolute atomic E-state index is 0.145. The summed E-state index contributed by atoms with van der Waals surface area (Å²) >= 11 is 0. The van der Waals surface area contributed by atoms with Crippen molar-refractivity contribution in [3.8, 4) is 0 Å². The number of rotatable bonds is 3. The van der Waals surface area contributed by atoms with Crippen LogP contribution < -0.4 is 11.5 Å². The average Bonchev–Trinajstić information content (AvgIpc) is 2.41. The first kappa shape index (κ1) is 14.8. The average molecular weight is 297 g/mol. The van der Waals surface area contributed by atoms with Crippen molar-refractivity contribution in [1.29, 1.82) is 0 Å².